The van der Waals surface area contributed by atoms with Crippen LogP contribution in [0.5, 0.6) is 0 Å². The monoisotopic (exact) mass is 336 g/mol. The van der Waals surface area contributed by atoms with Crippen LogP contribution in [0.2, 0.25) is 0 Å². The Morgan fingerprint density at radius 1 is 0.850 bits per heavy atom. The third-order valence-corrected chi connectivity index (χ3v) is 5.08. The Balaban J connectivity index is 1.77. The van der Waals surface area contributed by atoms with Gasteiger partial charge in [-0.25, -0.2) is 0 Å². The molecule has 2 saturated heterocycles. The molecule has 2 aliphatic heterocycles. The summed E-state index contributed by atoms with van der Waals surface area (Å²) in [7, 11) is 0. The highest BCUT2D eigenvalue weighted by atomic mass is 79.9. The number of piperidine rings is 2. The predicted octanol–water partition coefficient (Wildman–Crippen LogP) is 4.43. The fourth-order valence-corrected chi connectivity index (χ4v) is 3.81. The van der Waals surface area contributed by atoms with Gasteiger partial charge in [0.05, 0.1) is 0 Å². The van der Waals surface area contributed by atoms with E-state index in [1.54, 1.807) is 0 Å². The molecule has 0 aliphatic carbocycles. The molecular formula is C17H25BrN2. The first kappa shape index (κ1) is 14.4. The summed E-state index contributed by atoms with van der Waals surface area (Å²) in [5.41, 5.74) is 2.97. The normalized spacial score (nSPS) is 21.1. The van der Waals surface area contributed by atoms with Crippen molar-refractivity contribution < 1.29 is 0 Å². The van der Waals surface area contributed by atoms with Crippen LogP contribution in [0.4, 0.5) is 5.69 Å². The van der Waals surface area contributed by atoms with Gasteiger partial charge in [0, 0.05) is 29.8 Å². The van der Waals surface area contributed by atoms with E-state index in [0.717, 1.165) is 6.54 Å². The molecule has 2 aliphatic rings. The lowest BCUT2D eigenvalue weighted by molar-refractivity contribution is 0.221. The molecule has 1 aromatic carbocycles. The molecule has 2 nitrogen and oxygen atoms in total. The van der Waals surface area contributed by atoms with Crippen LogP contribution in [0.25, 0.3) is 0 Å². The van der Waals surface area contributed by atoms with Crippen LogP contribution in [0.1, 0.15) is 44.1 Å². The van der Waals surface area contributed by atoms with Crippen molar-refractivity contribution in [3.05, 3.63) is 28.2 Å². The molecule has 2 heterocycles. The number of benzene rings is 1. The van der Waals surface area contributed by atoms with Crippen molar-refractivity contribution in [3.63, 3.8) is 0 Å². The van der Waals surface area contributed by atoms with E-state index in [1.165, 1.54) is 80.4 Å². The highest BCUT2D eigenvalue weighted by Gasteiger charge is 2.17. The van der Waals surface area contributed by atoms with E-state index < -0.39 is 0 Å². The Kier molecular flexibility index (Phi) is 5.00. The molecule has 20 heavy (non-hydrogen) atoms. The molecule has 0 unspecified atom stereocenters. The second kappa shape index (κ2) is 6.95. The van der Waals surface area contributed by atoms with E-state index in [9.17, 15) is 0 Å². The first-order chi connectivity index (χ1) is 9.83. The Morgan fingerprint density at radius 2 is 1.50 bits per heavy atom. The fourth-order valence-electron chi connectivity index (χ4n) is 3.46. The number of nitrogens with zero attached hydrogens (tertiary/aromatic N) is 2. The molecule has 0 radical (unpaired) electrons. The fraction of sp³-hybridized carbons (Fsp3) is 0.647. The van der Waals surface area contributed by atoms with Crippen molar-refractivity contribution in [1.29, 1.82) is 0 Å². The van der Waals surface area contributed by atoms with Crippen molar-refractivity contribution >= 4 is 21.6 Å². The van der Waals surface area contributed by atoms with Gasteiger partial charge in [-0.3, -0.25) is 4.90 Å². The molecule has 2 fully saturated rings. The van der Waals surface area contributed by atoms with E-state index in [2.05, 4.69) is 43.9 Å². The molecule has 0 spiro atoms. The average molecular weight is 337 g/mol. The van der Waals surface area contributed by atoms with E-state index in [4.69, 9.17) is 0 Å². The maximum atomic E-state index is 3.65. The maximum Gasteiger partial charge on any atom is 0.0423 e. The SMILES string of the molecule is Brc1ccc(CN2CCCCC2)c(N2CCCCC2)c1. The number of hydrogen-bond acceptors (Lipinski definition) is 2. The van der Waals surface area contributed by atoms with Gasteiger partial charge in [-0.15, -0.1) is 0 Å². The van der Waals surface area contributed by atoms with Crippen molar-refractivity contribution in [2.24, 2.45) is 0 Å². The average Bonchev–Trinajstić information content (AvgIpc) is 2.51. The molecule has 0 atom stereocenters. The zero-order valence-electron chi connectivity index (χ0n) is 12.3. The van der Waals surface area contributed by atoms with Crippen LogP contribution in [0.15, 0.2) is 22.7 Å². The van der Waals surface area contributed by atoms with Gasteiger partial charge in [0.1, 0.15) is 0 Å². The molecular weight excluding hydrogens is 312 g/mol. The second-order valence-corrected chi connectivity index (χ2v) is 7.07. The molecule has 3 heteroatoms. The van der Waals surface area contributed by atoms with Crippen LogP contribution in [-0.2, 0) is 6.54 Å². The van der Waals surface area contributed by atoms with Crippen molar-refractivity contribution in [2.75, 3.05) is 31.1 Å². The summed E-state index contributed by atoms with van der Waals surface area (Å²) in [6.07, 6.45) is 8.23. The predicted molar refractivity (Wildman–Crippen MR) is 89.3 cm³/mol. The number of hydrogen-bond donors (Lipinski definition) is 0. The highest BCUT2D eigenvalue weighted by Crippen LogP contribution is 2.29. The van der Waals surface area contributed by atoms with Gasteiger partial charge in [-0.2, -0.15) is 0 Å². The Hall–Kier alpha value is -0.540. The minimum Gasteiger partial charge on any atom is -0.371 e. The first-order valence-corrected chi connectivity index (χ1v) is 8.88. The lowest BCUT2D eigenvalue weighted by atomic mass is 10.1. The van der Waals surface area contributed by atoms with Gasteiger partial charge in [0.15, 0.2) is 0 Å². The van der Waals surface area contributed by atoms with Crippen LogP contribution < -0.4 is 4.90 Å². The van der Waals surface area contributed by atoms with Gasteiger partial charge < -0.3 is 4.90 Å². The van der Waals surface area contributed by atoms with Gasteiger partial charge in [0.25, 0.3) is 0 Å². The van der Waals surface area contributed by atoms with Gasteiger partial charge >= 0.3 is 0 Å². The van der Waals surface area contributed by atoms with Crippen molar-refractivity contribution in [2.45, 2.75) is 45.1 Å². The minimum atomic E-state index is 1.12. The molecule has 3 rings (SSSR count). The van der Waals surface area contributed by atoms with Crippen LogP contribution in [0.3, 0.4) is 0 Å². The van der Waals surface area contributed by atoms with E-state index in [-0.39, 0.29) is 0 Å². The van der Waals surface area contributed by atoms with Crippen molar-refractivity contribution in [1.82, 2.24) is 4.90 Å². The lowest BCUT2D eigenvalue weighted by Gasteiger charge is -2.33. The van der Waals surface area contributed by atoms with Crippen LogP contribution in [0, 0.1) is 0 Å². The second-order valence-electron chi connectivity index (χ2n) is 6.16. The molecule has 110 valence electrons. The molecule has 0 amide bonds. The zero-order chi connectivity index (χ0) is 13.8. The van der Waals surface area contributed by atoms with Crippen LogP contribution in [-0.4, -0.2) is 31.1 Å². The molecule has 0 saturated carbocycles. The van der Waals surface area contributed by atoms with Gasteiger partial charge in [-0.1, -0.05) is 28.4 Å². The quantitative estimate of drug-likeness (QED) is 0.805. The smallest absolute Gasteiger partial charge is 0.0423 e. The zero-order valence-corrected chi connectivity index (χ0v) is 13.9. The topological polar surface area (TPSA) is 6.48 Å². The summed E-state index contributed by atoms with van der Waals surface area (Å²) < 4.78 is 1.21. The standard InChI is InChI=1S/C17H25BrN2/c18-16-8-7-15(14-19-9-3-1-4-10-19)17(13-16)20-11-5-2-6-12-20/h7-8,13H,1-6,9-12,14H2. The Bertz CT molecular complexity index is 435. The largest absolute Gasteiger partial charge is 0.371 e. The molecule has 1 aromatic rings. The van der Waals surface area contributed by atoms with Crippen molar-refractivity contribution in [3.8, 4) is 0 Å². The third-order valence-electron chi connectivity index (χ3n) is 4.59. The van der Waals surface area contributed by atoms with Gasteiger partial charge in [0.2, 0.25) is 0 Å². The minimum absolute atomic E-state index is 1.12. The number of rotatable bonds is 3. The Morgan fingerprint density at radius 3 is 2.20 bits per heavy atom. The van der Waals surface area contributed by atoms with E-state index in [1.807, 2.05) is 0 Å². The first-order valence-electron chi connectivity index (χ1n) is 8.09. The molecule has 0 aromatic heterocycles. The summed E-state index contributed by atoms with van der Waals surface area (Å²) in [5.74, 6) is 0. The number of halogens is 1. The summed E-state index contributed by atoms with van der Waals surface area (Å²) in [6, 6.07) is 6.85. The van der Waals surface area contributed by atoms with E-state index >= 15 is 0 Å². The maximum absolute atomic E-state index is 3.65. The summed E-state index contributed by atoms with van der Waals surface area (Å²) in [4.78, 5) is 5.22. The highest BCUT2D eigenvalue weighted by molar-refractivity contribution is 9.10. The number of likely N-dealkylation sites (tertiary alicyclic amines) is 1. The molecule has 0 bridgehead atoms. The summed E-state index contributed by atoms with van der Waals surface area (Å²) in [5, 5.41) is 0. The molecule has 0 N–H and O–H groups in total. The van der Waals surface area contributed by atoms with Crippen LogP contribution >= 0.6 is 15.9 Å². The van der Waals surface area contributed by atoms with Gasteiger partial charge in [-0.05, 0) is 62.9 Å². The third kappa shape index (κ3) is 3.56. The Labute approximate surface area is 131 Å². The van der Waals surface area contributed by atoms with E-state index in [0.29, 0.717) is 0 Å². The number of anilines is 1. The summed E-state index contributed by atoms with van der Waals surface area (Å²) >= 11 is 3.65. The summed E-state index contributed by atoms with van der Waals surface area (Å²) in [6.45, 7) is 6.12. The lowest BCUT2D eigenvalue weighted by Crippen LogP contribution is -2.33.